The Bertz CT molecular complexity index is 635. The quantitative estimate of drug-likeness (QED) is 0.883. The standard InChI is InChI=1S/C15H17N3O2S/c1-20-15(19)12-7-4-6-10(17-12)13-9-21-14(18-13)11-5-2-3-8-16-11/h4,6-7,9,11,16H,2-3,5,8H2,1H3. The van der Waals surface area contributed by atoms with Gasteiger partial charge in [-0.3, -0.25) is 0 Å². The summed E-state index contributed by atoms with van der Waals surface area (Å²) in [7, 11) is 1.35. The molecule has 0 radical (unpaired) electrons. The zero-order valence-electron chi connectivity index (χ0n) is 11.8. The summed E-state index contributed by atoms with van der Waals surface area (Å²) in [6.45, 7) is 1.05. The molecule has 5 nitrogen and oxygen atoms in total. The summed E-state index contributed by atoms with van der Waals surface area (Å²) in [4.78, 5) is 20.5. The Labute approximate surface area is 127 Å². The zero-order valence-corrected chi connectivity index (χ0v) is 12.7. The lowest BCUT2D eigenvalue weighted by molar-refractivity contribution is 0.0594. The molecule has 0 aromatic carbocycles. The van der Waals surface area contributed by atoms with Crippen LogP contribution >= 0.6 is 11.3 Å². The average molecular weight is 303 g/mol. The number of methoxy groups -OCH3 is 1. The van der Waals surface area contributed by atoms with Crippen molar-refractivity contribution >= 4 is 17.3 Å². The highest BCUT2D eigenvalue weighted by molar-refractivity contribution is 7.10. The van der Waals surface area contributed by atoms with Gasteiger partial charge in [-0.2, -0.15) is 0 Å². The van der Waals surface area contributed by atoms with Crippen molar-refractivity contribution in [3.05, 3.63) is 34.3 Å². The summed E-state index contributed by atoms with van der Waals surface area (Å²) in [6, 6.07) is 5.65. The molecule has 1 fully saturated rings. The summed E-state index contributed by atoms with van der Waals surface area (Å²) in [5.41, 5.74) is 1.82. The van der Waals surface area contributed by atoms with Gasteiger partial charge in [-0.25, -0.2) is 14.8 Å². The van der Waals surface area contributed by atoms with Gasteiger partial charge in [0, 0.05) is 5.38 Å². The summed E-state index contributed by atoms with van der Waals surface area (Å²) >= 11 is 1.64. The second-order valence-electron chi connectivity index (χ2n) is 4.97. The van der Waals surface area contributed by atoms with Gasteiger partial charge in [-0.1, -0.05) is 12.5 Å². The number of esters is 1. The summed E-state index contributed by atoms with van der Waals surface area (Å²) in [5, 5.41) is 6.58. The molecule has 3 heterocycles. The smallest absolute Gasteiger partial charge is 0.356 e. The maximum absolute atomic E-state index is 11.5. The maximum atomic E-state index is 11.5. The number of hydrogen-bond acceptors (Lipinski definition) is 6. The summed E-state index contributed by atoms with van der Waals surface area (Å²) in [6.07, 6.45) is 3.60. The molecular formula is C15H17N3O2S. The zero-order chi connectivity index (χ0) is 14.7. The SMILES string of the molecule is COC(=O)c1cccc(-c2csc(C3CCCCN3)n2)n1. The molecule has 0 bridgehead atoms. The van der Waals surface area contributed by atoms with E-state index in [1.54, 1.807) is 23.5 Å². The van der Waals surface area contributed by atoms with Crippen LogP contribution in [0.1, 0.15) is 40.8 Å². The second kappa shape index (κ2) is 6.32. The molecule has 1 atom stereocenters. The monoisotopic (exact) mass is 303 g/mol. The van der Waals surface area contributed by atoms with Gasteiger partial charge in [0.1, 0.15) is 10.7 Å². The third-order valence-corrected chi connectivity index (χ3v) is 4.49. The van der Waals surface area contributed by atoms with Gasteiger partial charge in [-0.05, 0) is 31.5 Å². The van der Waals surface area contributed by atoms with Gasteiger partial charge in [-0.15, -0.1) is 11.3 Å². The van der Waals surface area contributed by atoms with Crippen molar-refractivity contribution < 1.29 is 9.53 Å². The van der Waals surface area contributed by atoms with Crippen molar-refractivity contribution in [1.82, 2.24) is 15.3 Å². The van der Waals surface area contributed by atoms with Crippen molar-refractivity contribution in [2.45, 2.75) is 25.3 Å². The van der Waals surface area contributed by atoms with E-state index in [1.165, 1.54) is 20.0 Å². The number of aromatic nitrogens is 2. The predicted octanol–water partition coefficient (Wildman–Crippen LogP) is 2.81. The molecule has 0 amide bonds. The molecule has 1 aliphatic rings. The van der Waals surface area contributed by atoms with E-state index < -0.39 is 5.97 Å². The Balaban J connectivity index is 1.84. The van der Waals surface area contributed by atoms with Crippen LogP contribution < -0.4 is 5.32 Å². The van der Waals surface area contributed by atoms with E-state index in [2.05, 4.69) is 15.3 Å². The molecule has 6 heteroatoms. The number of carbonyl (C=O) groups excluding carboxylic acids is 1. The van der Waals surface area contributed by atoms with Crippen LogP contribution in [0.25, 0.3) is 11.4 Å². The normalized spacial score (nSPS) is 18.4. The van der Waals surface area contributed by atoms with Gasteiger partial charge >= 0.3 is 5.97 Å². The molecule has 1 unspecified atom stereocenters. The van der Waals surface area contributed by atoms with Crippen molar-refractivity contribution in [2.24, 2.45) is 0 Å². The van der Waals surface area contributed by atoms with Gasteiger partial charge < -0.3 is 10.1 Å². The molecule has 110 valence electrons. The van der Waals surface area contributed by atoms with E-state index in [4.69, 9.17) is 4.74 Å². The number of ether oxygens (including phenoxy) is 1. The molecule has 0 saturated carbocycles. The topological polar surface area (TPSA) is 64.1 Å². The van der Waals surface area contributed by atoms with Crippen LogP contribution in [0.4, 0.5) is 0 Å². The second-order valence-corrected chi connectivity index (χ2v) is 5.86. The molecule has 0 spiro atoms. The molecule has 1 aliphatic heterocycles. The lowest BCUT2D eigenvalue weighted by atomic mass is 10.1. The van der Waals surface area contributed by atoms with Crippen molar-refractivity contribution in [1.29, 1.82) is 0 Å². The minimum Gasteiger partial charge on any atom is -0.464 e. The fourth-order valence-corrected chi connectivity index (χ4v) is 3.35. The molecule has 3 rings (SSSR count). The lowest BCUT2D eigenvalue weighted by Crippen LogP contribution is -2.26. The number of hydrogen-bond donors (Lipinski definition) is 1. The highest BCUT2D eigenvalue weighted by Crippen LogP contribution is 2.28. The van der Waals surface area contributed by atoms with E-state index in [0.717, 1.165) is 23.7 Å². The Kier molecular flexibility index (Phi) is 4.26. The van der Waals surface area contributed by atoms with E-state index in [9.17, 15) is 4.79 Å². The number of thiazole rings is 1. The van der Waals surface area contributed by atoms with Crippen LogP contribution in [-0.4, -0.2) is 29.6 Å². The first-order valence-electron chi connectivity index (χ1n) is 7.02. The van der Waals surface area contributed by atoms with Crippen LogP contribution in [0.5, 0.6) is 0 Å². The highest BCUT2D eigenvalue weighted by atomic mass is 32.1. The molecule has 2 aromatic rings. The average Bonchev–Trinajstić information content (AvgIpc) is 3.05. The Morgan fingerprint density at radius 3 is 3.00 bits per heavy atom. The Hall–Kier alpha value is -1.79. The predicted molar refractivity (Wildman–Crippen MR) is 81.3 cm³/mol. The summed E-state index contributed by atoms with van der Waals surface area (Å²) in [5.74, 6) is -0.429. The van der Waals surface area contributed by atoms with E-state index in [1.807, 2.05) is 11.4 Å². The maximum Gasteiger partial charge on any atom is 0.356 e. The van der Waals surface area contributed by atoms with Crippen molar-refractivity contribution in [3.8, 4) is 11.4 Å². The Morgan fingerprint density at radius 2 is 2.24 bits per heavy atom. The summed E-state index contributed by atoms with van der Waals surface area (Å²) < 4.78 is 4.70. The minimum absolute atomic E-state index is 0.306. The van der Waals surface area contributed by atoms with Crippen LogP contribution in [0.15, 0.2) is 23.6 Å². The third-order valence-electron chi connectivity index (χ3n) is 3.54. The van der Waals surface area contributed by atoms with E-state index in [-0.39, 0.29) is 0 Å². The molecule has 1 N–H and O–H groups in total. The fourth-order valence-electron chi connectivity index (χ4n) is 2.42. The van der Waals surface area contributed by atoms with Crippen LogP contribution in [0.3, 0.4) is 0 Å². The van der Waals surface area contributed by atoms with E-state index >= 15 is 0 Å². The number of pyridine rings is 1. The van der Waals surface area contributed by atoms with Crippen molar-refractivity contribution in [3.63, 3.8) is 0 Å². The largest absolute Gasteiger partial charge is 0.464 e. The third kappa shape index (κ3) is 3.11. The first-order valence-corrected chi connectivity index (χ1v) is 7.90. The molecule has 21 heavy (non-hydrogen) atoms. The molecule has 1 saturated heterocycles. The van der Waals surface area contributed by atoms with Crippen molar-refractivity contribution in [2.75, 3.05) is 13.7 Å². The minimum atomic E-state index is -0.429. The number of carbonyl (C=O) groups is 1. The number of nitrogens with one attached hydrogen (secondary N) is 1. The number of rotatable bonds is 3. The molecular weight excluding hydrogens is 286 g/mol. The Morgan fingerprint density at radius 1 is 1.33 bits per heavy atom. The van der Waals surface area contributed by atoms with Crippen LogP contribution in [-0.2, 0) is 4.74 Å². The number of nitrogens with zero attached hydrogens (tertiary/aromatic N) is 2. The van der Waals surface area contributed by atoms with Gasteiger partial charge in [0.2, 0.25) is 0 Å². The highest BCUT2D eigenvalue weighted by Gasteiger charge is 2.19. The first-order chi connectivity index (χ1) is 10.3. The number of piperidine rings is 1. The first kappa shape index (κ1) is 14.2. The van der Waals surface area contributed by atoms with E-state index in [0.29, 0.717) is 17.4 Å². The van der Waals surface area contributed by atoms with Gasteiger partial charge in [0.05, 0.1) is 24.5 Å². The van der Waals surface area contributed by atoms with Crippen LogP contribution in [0, 0.1) is 0 Å². The lowest BCUT2D eigenvalue weighted by Gasteiger charge is -2.21. The molecule has 0 aliphatic carbocycles. The molecule has 2 aromatic heterocycles. The fraction of sp³-hybridized carbons (Fsp3) is 0.400. The van der Waals surface area contributed by atoms with Gasteiger partial charge in [0.25, 0.3) is 0 Å². The van der Waals surface area contributed by atoms with Gasteiger partial charge in [0.15, 0.2) is 0 Å². The van der Waals surface area contributed by atoms with Crippen LogP contribution in [0.2, 0.25) is 0 Å².